The van der Waals surface area contributed by atoms with E-state index in [9.17, 15) is 4.79 Å². The van der Waals surface area contributed by atoms with Gasteiger partial charge in [0.15, 0.2) is 5.58 Å². The molecule has 0 aliphatic carbocycles. The second-order valence-electron chi connectivity index (χ2n) is 3.88. The summed E-state index contributed by atoms with van der Waals surface area (Å²) in [7, 11) is 0. The minimum atomic E-state index is 0.499. The predicted octanol–water partition coefficient (Wildman–Crippen LogP) is 4.12. The molecule has 0 atom stereocenters. The first-order chi connectivity index (χ1) is 9.26. The van der Waals surface area contributed by atoms with E-state index in [1.807, 2.05) is 12.1 Å². The standard InChI is InChI=1S/C14H7ClN2O2/c15-10-3-1-9(2-4-10)14-17-12-7-11(16-8-18)5-6-13(12)19-14/h1-7H. The molecule has 0 saturated heterocycles. The maximum atomic E-state index is 10.2. The molecule has 5 heteroatoms. The molecule has 0 saturated carbocycles. The molecule has 0 spiro atoms. The highest BCUT2D eigenvalue weighted by molar-refractivity contribution is 6.30. The quantitative estimate of drug-likeness (QED) is 0.520. The number of rotatable bonds is 2. The Labute approximate surface area is 113 Å². The van der Waals surface area contributed by atoms with Crippen molar-refractivity contribution in [3.63, 3.8) is 0 Å². The summed E-state index contributed by atoms with van der Waals surface area (Å²) in [4.78, 5) is 18.1. The molecule has 2 aromatic carbocycles. The summed E-state index contributed by atoms with van der Waals surface area (Å²) >= 11 is 5.83. The second kappa shape index (κ2) is 4.69. The first-order valence-corrected chi connectivity index (χ1v) is 5.88. The van der Waals surface area contributed by atoms with E-state index in [-0.39, 0.29) is 0 Å². The van der Waals surface area contributed by atoms with Gasteiger partial charge >= 0.3 is 0 Å². The second-order valence-corrected chi connectivity index (χ2v) is 4.32. The molecule has 0 aliphatic rings. The van der Waals surface area contributed by atoms with Crippen LogP contribution in [-0.2, 0) is 4.79 Å². The first-order valence-electron chi connectivity index (χ1n) is 5.51. The van der Waals surface area contributed by atoms with Gasteiger partial charge in [-0.2, -0.15) is 4.99 Å². The molecule has 0 amide bonds. The van der Waals surface area contributed by atoms with Gasteiger partial charge in [-0.1, -0.05) is 11.6 Å². The average Bonchev–Trinajstić information content (AvgIpc) is 2.83. The van der Waals surface area contributed by atoms with Crippen LogP contribution >= 0.6 is 11.6 Å². The number of fused-ring (bicyclic) bond motifs is 1. The van der Waals surface area contributed by atoms with Gasteiger partial charge in [-0.15, -0.1) is 0 Å². The lowest BCUT2D eigenvalue weighted by atomic mass is 10.2. The van der Waals surface area contributed by atoms with Crippen LogP contribution in [0.4, 0.5) is 5.69 Å². The van der Waals surface area contributed by atoms with Crippen LogP contribution in [0.1, 0.15) is 0 Å². The fourth-order valence-electron chi connectivity index (χ4n) is 1.75. The maximum Gasteiger partial charge on any atom is 0.240 e. The summed E-state index contributed by atoms with van der Waals surface area (Å²) in [5, 5.41) is 0.655. The molecule has 0 unspecified atom stereocenters. The summed E-state index contributed by atoms with van der Waals surface area (Å²) < 4.78 is 5.63. The fraction of sp³-hybridized carbons (Fsp3) is 0. The highest BCUT2D eigenvalue weighted by Gasteiger charge is 2.08. The monoisotopic (exact) mass is 270 g/mol. The molecule has 1 aromatic heterocycles. The molecule has 3 rings (SSSR count). The van der Waals surface area contributed by atoms with Crippen LogP contribution in [0, 0.1) is 0 Å². The zero-order chi connectivity index (χ0) is 13.2. The number of hydrogen-bond donors (Lipinski definition) is 0. The zero-order valence-electron chi connectivity index (χ0n) is 9.63. The van der Waals surface area contributed by atoms with E-state index < -0.39 is 0 Å². The van der Waals surface area contributed by atoms with Crippen LogP contribution < -0.4 is 0 Å². The Morgan fingerprint density at radius 2 is 1.95 bits per heavy atom. The number of benzene rings is 2. The molecule has 3 aromatic rings. The van der Waals surface area contributed by atoms with Crippen LogP contribution in [0.5, 0.6) is 0 Å². The molecule has 0 bridgehead atoms. The molecular formula is C14H7ClN2O2. The zero-order valence-corrected chi connectivity index (χ0v) is 10.4. The number of oxazole rings is 1. The fourth-order valence-corrected chi connectivity index (χ4v) is 1.88. The Balaban J connectivity index is 2.10. The third kappa shape index (κ3) is 2.27. The van der Waals surface area contributed by atoms with Crippen molar-refractivity contribution in [3.8, 4) is 11.5 Å². The Kier molecular flexibility index (Phi) is 2.88. The van der Waals surface area contributed by atoms with Crippen molar-refractivity contribution in [1.29, 1.82) is 0 Å². The SMILES string of the molecule is O=C=Nc1ccc2oc(-c3ccc(Cl)cc3)nc2c1. The summed E-state index contributed by atoms with van der Waals surface area (Å²) in [6.07, 6.45) is 1.50. The largest absolute Gasteiger partial charge is 0.436 e. The summed E-state index contributed by atoms with van der Waals surface area (Å²) in [5.41, 5.74) is 2.61. The lowest BCUT2D eigenvalue weighted by molar-refractivity contribution is 0.565. The predicted molar refractivity (Wildman–Crippen MR) is 72.2 cm³/mol. The Morgan fingerprint density at radius 1 is 1.16 bits per heavy atom. The van der Waals surface area contributed by atoms with Crippen molar-refractivity contribution in [3.05, 3.63) is 47.5 Å². The summed E-state index contributed by atoms with van der Waals surface area (Å²) in [6, 6.07) is 12.3. The number of nitrogens with zero attached hydrogens (tertiary/aromatic N) is 2. The third-order valence-electron chi connectivity index (χ3n) is 2.64. The minimum absolute atomic E-state index is 0.499. The van der Waals surface area contributed by atoms with E-state index in [1.165, 1.54) is 6.08 Å². The van der Waals surface area contributed by atoms with Gasteiger partial charge < -0.3 is 4.42 Å². The van der Waals surface area contributed by atoms with Crippen molar-refractivity contribution < 1.29 is 9.21 Å². The highest BCUT2D eigenvalue weighted by Crippen LogP contribution is 2.27. The highest BCUT2D eigenvalue weighted by atomic mass is 35.5. The van der Waals surface area contributed by atoms with Crippen LogP contribution in [-0.4, -0.2) is 11.1 Å². The molecule has 1 heterocycles. The van der Waals surface area contributed by atoms with Crippen LogP contribution in [0.15, 0.2) is 51.9 Å². The van der Waals surface area contributed by atoms with Crippen molar-refractivity contribution >= 4 is 34.5 Å². The molecule has 0 fully saturated rings. The maximum absolute atomic E-state index is 10.2. The number of carbonyl (C=O) groups excluding carboxylic acids is 1. The Hall–Kier alpha value is -2.42. The summed E-state index contributed by atoms with van der Waals surface area (Å²) in [6.45, 7) is 0. The van der Waals surface area contributed by atoms with Crippen molar-refractivity contribution in [1.82, 2.24) is 4.98 Å². The lowest BCUT2D eigenvalue weighted by Crippen LogP contribution is -1.75. The molecule has 0 N–H and O–H groups in total. The topological polar surface area (TPSA) is 55.5 Å². The minimum Gasteiger partial charge on any atom is -0.436 e. The van der Waals surface area contributed by atoms with E-state index in [0.717, 1.165) is 5.56 Å². The van der Waals surface area contributed by atoms with Crippen molar-refractivity contribution in [2.75, 3.05) is 0 Å². The Morgan fingerprint density at radius 3 is 2.68 bits per heavy atom. The van der Waals surface area contributed by atoms with Gasteiger partial charge in [0.1, 0.15) is 5.52 Å². The van der Waals surface area contributed by atoms with Crippen molar-refractivity contribution in [2.45, 2.75) is 0 Å². The molecule has 0 radical (unpaired) electrons. The molecule has 92 valence electrons. The van der Waals surface area contributed by atoms with Crippen LogP contribution in [0.25, 0.3) is 22.6 Å². The number of isocyanates is 1. The smallest absolute Gasteiger partial charge is 0.240 e. The lowest BCUT2D eigenvalue weighted by Gasteiger charge is -1.94. The summed E-state index contributed by atoms with van der Waals surface area (Å²) in [5.74, 6) is 0.499. The molecule has 0 aliphatic heterocycles. The van der Waals surface area contributed by atoms with Gasteiger partial charge in [-0.25, -0.2) is 9.78 Å². The van der Waals surface area contributed by atoms with E-state index in [4.69, 9.17) is 16.0 Å². The van der Waals surface area contributed by atoms with E-state index >= 15 is 0 Å². The van der Waals surface area contributed by atoms with E-state index in [2.05, 4.69) is 9.98 Å². The number of aliphatic imine (C=N–C) groups is 1. The Bertz CT molecular complexity index is 787. The van der Waals surface area contributed by atoms with Gasteiger partial charge in [0.2, 0.25) is 12.0 Å². The normalized spacial score (nSPS) is 10.4. The number of halogens is 1. The van der Waals surface area contributed by atoms with Gasteiger partial charge in [-0.05, 0) is 42.5 Å². The van der Waals surface area contributed by atoms with E-state index in [1.54, 1.807) is 30.3 Å². The number of aromatic nitrogens is 1. The first kappa shape index (κ1) is 11.7. The van der Waals surface area contributed by atoms with Gasteiger partial charge in [0, 0.05) is 10.6 Å². The van der Waals surface area contributed by atoms with Crippen LogP contribution in [0.2, 0.25) is 5.02 Å². The van der Waals surface area contributed by atoms with Gasteiger partial charge in [0.05, 0.1) is 5.69 Å². The molecule has 4 nitrogen and oxygen atoms in total. The van der Waals surface area contributed by atoms with Crippen molar-refractivity contribution in [2.24, 2.45) is 4.99 Å². The van der Waals surface area contributed by atoms with Gasteiger partial charge in [-0.3, -0.25) is 0 Å². The number of hydrogen-bond acceptors (Lipinski definition) is 4. The molecular weight excluding hydrogens is 264 g/mol. The average molecular weight is 271 g/mol. The van der Waals surface area contributed by atoms with Crippen LogP contribution in [0.3, 0.4) is 0 Å². The van der Waals surface area contributed by atoms with E-state index in [0.29, 0.717) is 27.7 Å². The van der Waals surface area contributed by atoms with Gasteiger partial charge in [0.25, 0.3) is 0 Å². The molecule has 19 heavy (non-hydrogen) atoms. The third-order valence-corrected chi connectivity index (χ3v) is 2.89.